The number of aromatic nitrogens is 1. The molecule has 33 heavy (non-hydrogen) atoms. The van der Waals surface area contributed by atoms with Gasteiger partial charge in [-0.05, 0) is 50.2 Å². The third kappa shape index (κ3) is 5.46. The molecule has 3 aromatic rings. The molecule has 8 nitrogen and oxygen atoms in total. The molecule has 4 rings (SSSR count). The zero-order valence-corrected chi connectivity index (χ0v) is 19.3. The minimum absolute atomic E-state index is 0.110. The lowest BCUT2D eigenvalue weighted by Crippen LogP contribution is -2.49. The molecule has 1 aromatic heterocycles. The normalized spacial score (nSPS) is 14.2. The van der Waals surface area contributed by atoms with Crippen molar-refractivity contribution in [2.75, 3.05) is 45.2 Å². The van der Waals surface area contributed by atoms with E-state index in [2.05, 4.69) is 10.2 Å². The van der Waals surface area contributed by atoms with Gasteiger partial charge in [-0.3, -0.25) is 4.90 Å². The maximum Gasteiger partial charge on any atom is 0.322 e. The Bertz CT molecular complexity index is 1070. The number of carbonyl (C=O) groups is 1. The highest BCUT2D eigenvalue weighted by atomic mass is 16.5. The van der Waals surface area contributed by atoms with Crippen LogP contribution in [-0.2, 0) is 6.54 Å². The number of carbonyl (C=O) groups excluding carboxylic acids is 1. The van der Waals surface area contributed by atoms with Gasteiger partial charge in [-0.2, -0.15) is 0 Å². The molecule has 1 N–H and O–H groups in total. The van der Waals surface area contributed by atoms with Gasteiger partial charge in [0.2, 0.25) is 5.89 Å². The lowest BCUT2D eigenvalue weighted by molar-refractivity contribution is 0.141. The van der Waals surface area contributed by atoms with Crippen LogP contribution < -0.4 is 14.8 Å². The van der Waals surface area contributed by atoms with E-state index in [0.29, 0.717) is 43.6 Å². The van der Waals surface area contributed by atoms with Gasteiger partial charge in [-0.1, -0.05) is 12.1 Å². The second kappa shape index (κ2) is 10.4. The molecular formula is C25H30N4O4. The minimum Gasteiger partial charge on any atom is -0.497 e. The van der Waals surface area contributed by atoms with Crippen LogP contribution in [0.1, 0.15) is 18.4 Å². The zero-order chi connectivity index (χ0) is 23.2. The standard InChI is InChI=1S/C25H30N4O4/c1-4-32-23-8-6-5-7-21(23)27-25(30)29-15-13-28(14-16-29)17-22-18(2)33-24(26-22)19-9-11-20(31-3)12-10-19/h5-12H,4,13-17H2,1-3H3,(H,27,30). The molecule has 174 valence electrons. The molecule has 0 atom stereocenters. The van der Waals surface area contributed by atoms with Crippen LogP contribution in [-0.4, -0.2) is 60.7 Å². The molecule has 1 aliphatic rings. The van der Waals surface area contributed by atoms with Crippen LogP contribution in [0.5, 0.6) is 11.5 Å². The lowest BCUT2D eigenvalue weighted by Gasteiger charge is -2.34. The first-order valence-corrected chi connectivity index (χ1v) is 11.2. The van der Waals surface area contributed by atoms with Gasteiger partial charge in [0.15, 0.2) is 0 Å². The van der Waals surface area contributed by atoms with Gasteiger partial charge in [-0.15, -0.1) is 0 Å². The molecule has 8 heteroatoms. The largest absolute Gasteiger partial charge is 0.497 e. The molecule has 1 fully saturated rings. The second-order valence-electron chi connectivity index (χ2n) is 7.87. The fourth-order valence-electron chi connectivity index (χ4n) is 3.80. The molecule has 2 heterocycles. The summed E-state index contributed by atoms with van der Waals surface area (Å²) in [6, 6.07) is 15.1. The van der Waals surface area contributed by atoms with E-state index in [4.69, 9.17) is 18.9 Å². The first-order valence-electron chi connectivity index (χ1n) is 11.2. The molecule has 0 bridgehead atoms. The second-order valence-corrected chi connectivity index (χ2v) is 7.87. The van der Waals surface area contributed by atoms with Gasteiger partial charge in [0.05, 0.1) is 25.1 Å². The van der Waals surface area contributed by atoms with Gasteiger partial charge < -0.3 is 24.1 Å². The molecule has 1 aliphatic heterocycles. The Morgan fingerprint density at radius 2 is 1.82 bits per heavy atom. The Morgan fingerprint density at radius 3 is 2.52 bits per heavy atom. The smallest absolute Gasteiger partial charge is 0.322 e. The molecule has 0 radical (unpaired) electrons. The zero-order valence-electron chi connectivity index (χ0n) is 19.3. The molecule has 2 amide bonds. The highest BCUT2D eigenvalue weighted by Crippen LogP contribution is 2.26. The van der Waals surface area contributed by atoms with E-state index in [0.717, 1.165) is 35.9 Å². The fourth-order valence-corrected chi connectivity index (χ4v) is 3.80. The van der Waals surface area contributed by atoms with Crippen molar-refractivity contribution in [2.45, 2.75) is 20.4 Å². The number of para-hydroxylation sites is 2. The maximum absolute atomic E-state index is 12.8. The average molecular weight is 451 g/mol. The van der Waals surface area contributed by atoms with Crippen molar-refractivity contribution < 1.29 is 18.7 Å². The number of urea groups is 1. The monoisotopic (exact) mass is 450 g/mol. The number of methoxy groups -OCH3 is 1. The number of aryl methyl sites for hydroxylation is 1. The lowest BCUT2D eigenvalue weighted by atomic mass is 10.2. The molecule has 1 saturated heterocycles. The summed E-state index contributed by atoms with van der Waals surface area (Å²) in [5, 5.41) is 2.98. The van der Waals surface area contributed by atoms with Crippen molar-refractivity contribution in [3.63, 3.8) is 0 Å². The Hall–Kier alpha value is -3.52. The van der Waals surface area contributed by atoms with Crippen LogP contribution in [0.15, 0.2) is 52.9 Å². The topological polar surface area (TPSA) is 80.1 Å². The number of benzene rings is 2. The minimum atomic E-state index is -0.110. The van der Waals surface area contributed by atoms with E-state index >= 15 is 0 Å². The van der Waals surface area contributed by atoms with Crippen LogP contribution in [0.3, 0.4) is 0 Å². The van der Waals surface area contributed by atoms with Gasteiger partial charge in [0.1, 0.15) is 17.3 Å². The van der Waals surface area contributed by atoms with Crippen molar-refractivity contribution >= 4 is 11.7 Å². The van der Waals surface area contributed by atoms with Crippen molar-refractivity contribution in [1.29, 1.82) is 0 Å². The summed E-state index contributed by atoms with van der Waals surface area (Å²) in [6.07, 6.45) is 0. The van der Waals surface area contributed by atoms with Gasteiger partial charge >= 0.3 is 6.03 Å². The number of anilines is 1. The predicted molar refractivity (Wildman–Crippen MR) is 127 cm³/mol. The first-order chi connectivity index (χ1) is 16.1. The number of hydrogen-bond acceptors (Lipinski definition) is 6. The Labute approximate surface area is 194 Å². The van der Waals surface area contributed by atoms with E-state index in [1.165, 1.54) is 0 Å². The number of rotatable bonds is 7. The third-order valence-electron chi connectivity index (χ3n) is 5.69. The summed E-state index contributed by atoms with van der Waals surface area (Å²) >= 11 is 0. The van der Waals surface area contributed by atoms with Crippen molar-refractivity contribution in [2.24, 2.45) is 0 Å². The van der Waals surface area contributed by atoms with Crippen LogP contribution in [0, 0.1) is 6.92 Å². The summed E-state index contributed by atoms with van der Waals surface area (Å²) < 4.78 is 16.7. The first kappa shape index (κ1) is 22.7. The summed E-state index contributed by atoms with van der Waals surface area (Å²) in [7, 11) is 1.64. The summed E-state index contributed by atoms with van der Waals surface area (Å²) in [4.78, 5) is 21.6. The molecular weight excluding hydrogens is 420 g/mol. The molecule has 0 aliphatic carbocycles. The van der Waals surface area contributed by atoms with Crippen molar-refractivity contribution in [3.8, 4) is 23.0 Å². The van der Waals surface area contributed by atoms with E-state index in [1.54, 1.807) is 7.11 Å². The molecule has 2 aromatic carbocycles. The Morgan fingerprint density at radius 1 is 1.09 bits per heavy atom. The fraction of sp³-hybridized carbons (Fsp3) is 0.360. The highest BCUT2D eigenvalue weighted by molar-refractivity contribution is 5.91. The number of nitrogens with one attached hydrogen (secondary N) is 1. The number of amides is 2. The van der Waals surface area contributed by atoms with E-state index in [-0.39, 0.29) is 6.03 Å². The van der Waals surface area contributed by atoms with Crippen LogP contribution in [0.4, 0.5) is 10.5 Å². The average Bonchev–Trinajstić information content (AvgIpc) is 3.21. The number of piperazine rings is 1. The Kier molecular flexibility index (Phi) is 7.14. The van der Waals surface area contributed by atoms with Crippen LogP contribution >= 0.6 is 0 Å². The van der Waals surface area contributed by atoms with E-state index in [1.807, 2.05) is 67.3 Å². The van der Waals surface area contributed by atoms with Crippen molar-refractivity contribution in [1.82, 2.24) is 14.8 Å². The maximum atomic E-state index is 12.8. The van der Waals surface area contributed by atoms with Crippen molar-refractivity contribution in [3.05, 3.63) is 60.0 Å². The summed E-state index contributed by atoms with van der Waals surface area (Å²) in [5.41, 5.74) is 2.53. The van der Waals surface area contributed by atoms with Crippen LogP contribution in [0.2, 0.25) is 0 Å². The van der Waals surface area contributed by atoms with Gasteiger partial charge in [0.25, 0.3) is 0 Å². The Balaban J connectivity index is 1.32. The van der Waals surface area contributed by atoms with E-state index in [9.17, 15) is 4.79 Å². The molecule has 0 spiro atoms. The highest BCUT2D eigenvalue weighted by Gasteiger charge is 2.23. The molecule has 0 saturated carbocycles. The quantitative estimate of drug-likeness (QED) is 0.575. The van der Waals surface area contributed by atoms with E-state index < -0.39 is 0 Å². The van der Waals surface area contributed by atoms with Crippen LogP contribution in [0.25, 0.3) is 11.5 Å². The van der Waals surface area contributed by atoms with Gasteiger partial charge in [0, 0.05) is 38.3 Å². The third-order valence-corrected chi connectivity index (χ3v) is 5.69. The number of hydrogen-bond donors (Lipinski definition) is 1. The summed E-state index contributed by atoms with van der Waals surface area (Å²) in [6.45, 7) is 7.93. The SMILES string of the molecule is CCOc1ccccc1NC(=O)N1CCN(Cc2nc(-c3ccc(OC)cc3)oc2C)CC1. The number of nitrogens with zero attached hydrogens (tertiary/aromatic N) is 3. The summed E-state index contributed by atoms with van der Waals surface area (Å²) in [5.74, 6) is 2.90. The molecule has 0 unspecified atom stereocenters. The number of oxazole rings is 1. The predicted octanol–water partition coefficient (Wildman–Crippen LogP) is 4.41. The van der Waals surface area contributed by atoms with Gasteiger partial charge in [-0.25, -0.2) is 9.78 Å². The number of ether oxygens (including phenoxy) is 2.